The van der Waals surface area contributed by atoms with Gasteiger partial charge < -0.3 is 25.4 Å². The number of fused-ring (bicyclic) bond motifs is 2. The average Bonchev–Trinajstić information content (AvgIpc) is 2.95. The largest absolute Gasteiger partial charge is 0.504 e. The highest BCUT2D eigenvalue weighted by Crippen LogP contribution is 2.36. The van der Waals surface area contributed by atoms with Crippen LogP contribution >= 0.6 is 0 Å². The average molecular weight is 512 g/mol. The van der Waals surface area contributed by atoms with Crippen molar-refractivity contribution in [2.24, 2.45) is 17.8 Å². The Bertz CT molecular complexity index is 1030. The number of ketones is 2. The first kappa shape index (κ1) is 27.6. The maximum Gasteiger partial charge on any atom is 0.160 e. The van der Waals surface area contributed by atoms with Crippen LogP contribution in [0.5, 0.6) is 11.5 Å². The van der Waals surface area contributed by atoms with Crippen LogP contribution < -0.4 is 10.1 Å². The van der Waals surface area contributed by atoms with Crippen LogP contribution in [0.25, 0.3) is 0 Å². The number of aliphatic hydroxyl groups excluding tert-OH is 2. The van der Waals surface area contributed by atoms with Gasteiger partial charge in [-0.1, -0.05) is 24.7 Å². The topological polar surface area (TPSA) is 116 Å². The number of phenolic OH excluding ortho intramolecular Hbond substituents is 1. The van der Waals surface area contributed by atoms with E-state index < -0.39 is 12.0 Å². The number of methoxy groups -OCH3 is 1. The summed E-state index contributed by atoms with van der Waals surface area (Å²) in [6, 6.07) is 3.73. The first-order valence-corrected chi connectivity index (χ1v) is 13.9. The molecule has 7 nitrogen and oxygen atoms in total. The molecule has 2 aliphatic carbocycles. The molecule has 0 amide bonds. The Morgan fingerprint density at radius 2 is 1.97 bits per heavy atom. The molecule has 1 aliphatic heterocycles. The standard InChI is InChI=1S/C30H41NO6/c1-37-30-15-21-8-11-28(35)24(10-7-20(12-13-32)25(21)17-29(30)36)27(34)5-3-2-4-19-14-22-6-9-23(33)16-26(22)31-18-19/h15,17,19-20,22,24,26-27,31-32,34,36H,2-6,8-9,11-14,16,18H2,1H3. The summed E-state index contributed by atoms with van der Waals surface area (Å²) in [5, 5.41) is 34.4. The van der Waals surface area contributed by atoms with Gasteiger partial charge >= 0.3 is 0 Å². The van der Waals surface area contributed by atoms with E-state index in [1.807, 2.05) is 0 Å². The quantitative estimate of drug-likeness (QED) is 0.297. The summed E-state index contributed by atoms with van der Waals surface area (Å²) in [6.45, 7) is 0.886. The van der Waals surface area contributed by atoms with Crippen LogP contribution in [0.3, 0.4) is 0 Å². The predicted octanol–water partition coefficient (Wildman–Crippen LogP) is 3.27. The van der Waals surface area contributed by atoms with E-state index in [4.69, 9.17) is 4.74 Å². The highest BCUT2D eigenvalue weighted by atomic mass is 16.5. The minimum Gasteiger partial charge on any atom is -0.504 e. The fraction of sp³-hybridized carbons (Fsp3) is 0.667. The summed E-state index contributed by atoms with van der Waals surface area (Å²) in [5.74, 6) is 6.97. The van der Waals surface area contributed by atoms with Crippen molar-refractivity contribution in [3.05, 3.63) is 23.3 Å². The van der Waals surface area contributed by atoms with Crippen LogP contribution in [-0.2, 0) is 16.0 Å². The van der Waals surface area contributed by atoms with Gasteiger partial charge in [-0.05, 0) is 80.2 Å². The molecule has 0 radical (unpaired) electrons. The van der Waals surface area contributed by atoms with Crippen molar-refractivity contribution >= 4 is 11.6 Å². The maximum absolute atomic E-state index is 13.1. The number of ether oxygens (including phenoxy) is 1. The number of aromatic hydroxyl groups is 1. The number of aliphatic hydroxyl groups is 2. The lowest BCUT2D eigenvalue weighted by atomic mass is 9.74. The third-order valence-corrected chi connectivity index (χ3v) is 8.50. The van der Waals surface area contributed by atoms with E-state index in [1.54, 1.807) is 12.1 Å². The second-order valence-corrected chi connectivity index (χ2v) is 11.0. The van der Waals surface area contributed by atoms with Crippen molar-refractivity contribution in [1.29, 1.82) is 0 Å². The smallest absolute Gasteiger partial charge is 0.160 e. The number of hydrogen-bond acceptors (Lipinski definition) is 7. The van der Waals surface area contributed by atoms with Crippen LogP contribution in [0.2, 0.25) is 0 Å². The molecule has 4 N–H and O–H groups in total. The molecule has 0 spiro atoms. The zero-order valence-corrected chi connectivity index (χ0v) is 21.9. The minimum atomic E-state index is -0.822. The number of hydrogen-bond donors (Lipinski definition) is 4. The molecule has 7 heteroatoms. The summed E-state index contributed by atoms with van der Waals surface area (Å²) in [6.07, 6.45) is 7.28. The molecule has 37 heavy (non-hydrogen) atoms. The summed E-state index contributed by atoms with van der Waals surface area (Å²) in [5.41, 5.74) is 1.67. The number of piperidine rings is 1. The van der Waals surface area contributed by atoms with Crippen LogP contribution in [0.15, 0.2) is 12.1 Å². The van der Waals surface area contributed by atoms with E-state index >= 15 is 0 Å². The van der Waals surface area contributed by atoms with Gasteiger partial charge in [-0.25, -0.2) is 0 Å². The van der Waals surface area contributed by atoms with Crippen LogP contribution in [0.4, 0.5) is 0 Å². The molecule has 1 aromatic carbocycles. The fourth-order valence-electron chi connectivity index (χ4n) is 6.35. The van der Waals surface area contributed by atoms with Crippen molar-refractivity contribution in [3.63, 3.8) is 0 Å². The van der Waals surface area contributed by atoms with Gasteiger partial charge in [0.25, 0.3) is 0 Å². The monoisotopic (exact) mass is 511 g/mol. The molecule has 0 aromatic heterocycles. The van der Waals surface area contributed by atoms with Crippen molar-refractivity contribution in [2.45, 2.75) is 88.7 Å². The maximum atomic E-state index is 13.1. The molecule has 1 heterocycles. The van der Waals surface area contributed by atoms with Crippen LogP contribution in [0, 0.1) is 29.6 Å². The lowest BCUT2D eigenvalue weighted by Crippen LogP contribution is -2.48. The van der Waals surface area contributed by atoms with Gasteiger partial charge in [0.15, 0.2) is 17.3 Å². The Balaban J connectivity index is 1.33. The molecule has 0 bridgehead atoms. The number of benzene rings is 1. The second kappa shape index (κ2) is 12.9. The molecule has 1 saturated carbocycles. The summed E-state index contributed by atoms with van der Waals surface area (Å²) < 4.78 is 5.25. The van der Waals surface area contributed by atoms with E-state index in [1.165, 1.54) is 13.5 Å². The molecule has 202 valence electrons. The van der Waals surface area contributed by atoms with Gasteiger partial charge in [0.1, 0.15) is 11.7 Å². The number of rotatable bonds is 9. The van der Waals surface area contributed by atoms with Gasteiger partial charge in [0.05, 0.1) is 13.2 Å². The number of phenols is 1. The minimum absolute atomic E-state index is 0.00816. The van der Waals surface area contributed by atoms with E-state index in [0.717, 1.165) is 49.8 Å². The zero-order valence-electron chi connectivity index (χ0n) is 21.9. The second-order valence-electron chi connectivity index (χ2n) is 11.0. The first-order chi connectivity index (χ1) is 17.9. The van der Waals surface area contributed by atoms with Crippen molar-refractivity contribution in [1.82, 2.24) is 5.32 Å². The third-order valence-electron chi connectivity index (χ3n) is 8.50. The third kappa shape index (κ3) is 6.93. The zero-order chi connectivity index (χ0) is 26.4. The van der Waals surface area contributed by atoms with Crippen LogP contribution in [-0.4, -0.2) is 59.3 Å². The van der Waals surface area contributed by atoms with Crippen molar-refractivity contribution < 1.29 is 29.6 Å². The molecule has 4 rings (SSSR count). The molecule has 1 saturated heterocycles. The first-order valence-electron chi connectivity index (χ1n) is 13.9. The normalized spacial score (nSPS) is 28.6. The van der Waals surface area contributed by atoms with Gasteiger partial charge in [-0.15, -0.1) is 0 Å². The predicted molar refractivity (Wildman–Crippen MR) is 140 cm³/mol. The Hall–Kier alpha value is -2.40. The summed E-state index contributed by atoms with van der Waals surface area (Å²) in [7, 11) is 1.48. The molecular weight excluding hydrogens is 470 g/mol. The van der Waals surface area contributed by atoms with E-state index in [2.05, 4.69) is 17.2 Å². The Labute approximate surface area is 220 Å². The SMILES string of the molecule is COc1cc2c(cc1O)C(CCO)C#CC(C(O)CCCCC1CNC3CC(=O)CCC3C1)C(=O)CC2. The molecule has 6 unspecified atom stereocenters. The van der Waals surface area contributed by atoms with E-state index in [0.29, 0.717) is 55.1 Å². The molecular formula is C30H41NO6. The summed E-state index contributed by atoms with van der Waals surface area (Å²) >= 11 is 0. The van der Waals surface area contributed by atoms with Crippen molar-refractivity contribution in [3.8, 4) is 23.3 Å². The molecule has 3 aliphatic rings. The lowest BCUT2D eigenvalue weighted by molar-refractivity contribution is -0.124. The fourth-order valence-corrected chi connectivity index (χ4v) is 6.35. The number of unbranched alkanes of at least 4 members (excludes halogenated alkanes) is 1. The molecule has 6 atom stereocenters. The Morgan fingerprint density at radius 1 is 1.14 bits per heavy atom. The van der Waals surface area contributed by atoms with E-state index in [-0.39, 0.29) is 30.5 Å². The Kier molecular flexibility index (Phi) is 9.64. The van der Waals surface area contributed by atoms with Gasteiger partial charge in [-0.2, -0.15) is 0 Å². The van der Waals surface area contributed by atoms with Gasteiger partial charge in [0.2, 0.25) is 0 Å². The number of carbonyl (C=O) groups is 2. The highest BCUT2D eigenvalue weighted by Gasteiger charge is 2.34. The summed E-state index contributed by atoms with van der Waals surface area (Å²) in [4.78, 5) is 24.8. The van der Waals surface area contributed by atoms with Crippen LogP contribution in [0.1, 0.15) is 81.3 Å². The number of aryl methyl sites for hydroxylation is 1. The lowest BCUT2D eigenvalue weighted by Gasteiger charge is -2.39. The molecule has 2 fully saturated rings. The number of Topliss-reactive ketones (excluding diaryl/α,β-unsaturated/α-hetero) is 2. The number of nitrogens with one attached hydrogen (secondary N) is 1. The van der Waals surface area contributed by atoms with Gasteiger partial charge in [-0.3, -0.25) is 9.59 Å². The van der Waals surface area contributed by atoms with Crippen molar-refractivity contribution in [2.75, 3.05) is 20.3 Å². The molecule has 1 aromatic rings. The Morgan fingerprint density at radius 3 is 2.76 bits per heavy atom. The highest BCUT2D eigenvalue weighted by molar-refractivity contribution is 5.85. The van der Waals surface area contributed by atoms with Gasteiger partial charge in [0, 0.05) is 37.8 Å². The number of carbonyl (C=O) groups excluding carboxylic acids is 2. The van der Waals surface area contributed by atoms with E-state index in [9.17, 15) is 24.9 Å².